The molecule has 0 saturated carbocycles. The number of aromatic nitrogens is 1. The van der Waals surface area contributed by atoms with Gasteiger partial charge in [-0.3, -0.25) is 9.69 Å². The van der Waals surface area contributed by atoms with Crippen LogP contribution in [0.15, 0.2) is 46.6 Å². The van der Waals surface area contributed by atoms with Crippen LogP contribution in [0.25, 0.3) is 11.1 Å². The van der Waals surface area contributed by atoms with Gasteiger partial charge in [-0.05, 0) is 50.0 Å². The molecule has 2 aromatic heterocycles. The highest BCUT2D eigenvalue weighted by Crippen LogP contribution is 2.22. The van der Waals surface area contributed by atoms with Crippen LogP contribution in [-0.4, -0.2) is 23.5 Å². The van der Waals surface area contributed by atoms with Gasteiger partial charge in [-0.1, -0.05) is 41.6 Å². The summed E-state index contributed by atoms with van der Waals surface area (Å²) >= 11 is 7.87. The fraction of sp³-hybridized carbons (Fsp3) is 0.227. The molecule has 0 atom stereocenters. The average Bonchev–Trinajstić information content (AvgIpc) is 3.14. The summed E-state index contributed by atoms with van der Waals surface area (Å²) in [7, 11) is 2.06. The van der Waals surface area contributed by atoms with Gasteiger partial charge in [0.15, 0.2) is 0 Å². The van der Waals surface area contributed by atoms with Gasteiger partial charge in [0.25, 0.3) is 0 Å². The quantitative estimate of drug-likeness (QED) is 0.569. The van der Waals surface area contributed by atoms with E-state index in [4.69, 9.17) is 11.6 Å². The second-order valence-corrected chi connectivity index (χ2v) is 7.93. The highest BCUT2D eigenvalue weighted by atomic mass is 35.5. The van der Waals surface area contributed by atoms with Crippen molar-refractivity contribution in [1.29, 1.82) is 0 Å². The van der Waals surface area contributed by atoms with Crippen molar-refractivity contribution in [2.45, 2.75) is 20.4 Å². The molecule has 6 heteroatoms. The number of halogens is 2. The normalized spacial score (nSPS) is 10.3. The molecule has 3 nitrogen and oxygen atoms in total. The number of benzene rings is 1. The fourth-order valence-electron chi connectivity index (χ4n) is 2.92. The Morgan fingerprint density at radius 3 is 2.50 bits per heavy atom. The number of pyridine rings is 1. The lowest BCUT2D eigenvalue weighted by molar-refractivity contribution is 0.372. The Bertz CT molecular complexity index is 1050. The summed E-state index contributed by atoms with van der Waals surface area (Å²) < 4.78 is 0. The summed E-state index contributed by atoms with van der Waals surface area (Å²) in [6.07, 6.45) is 0. The third kappa shape index (κ3) is 5.27. The maximum Gasteiger partial charge on any atom is 0.208 e. The molecule has 0 bridgehead atoms. The van der Waals surface area contributed by atoms with Crippen molar-refractivity contribution in [3.05, 3.63) is 78.9 Å². The number of hydrogen-bond acceptors (Lipinski definition) is 3. The molecule has 0 radical (unpaired) electrons. The minimum atomic E-state index is -0.139. The van der Waals surface area contributed by atoms with E-state index < -0.39 is 0 Å². The molecule has 0 aliphatic heterocycles. The van der Waals surface area contributed by atoms with Crippen LogP contribution in [0.2, 0.25) is 5.02 Å². The monoisotopic (exact) mass is 432 g/mol. The van der Waals surface area contributed by atoms with Crippen molar-refractivity contribution in [1.82, 2.24) is 9.88 Å². The van der Waals surface area contributed by atoms with E-state index >= 15 is 0 Å². The molecule has 0 amide bonds. The first kappa shape index (κ1) is 22.3. The summed E-state index contributed by atoms with van der Waals surface area (Å²) in [5.74, 6) is 6.39. The first-order valence-corrected chi connectivity index (χ1v) is 9.90. The van der Waals surface area contributed by atoms with Gasteiger partial charge in [0, 0.05) is 33.9 Å². The molecule has 0 aliphatic rings. The molecule has 1 N–H and O–H groups in total. The molecular weight excluding hydrogens is 411 g/mol. The number of aromatic amines is 1. The highest BCUT2D eigenvalue weighted by Gasteiger charge is 2.12. The number of nitrogens with zero attached hydrogens (tertiary/aromatic N) is 1. The van der Waals surface area contributed by atoms with Gasteiger partial charge in [0.1, 0.15) is 5.02 Å². The Morgan fingerprint density at radius 1 is 1.14 bits per heavy atom. The molecule has 28 heavy (non-hydrogen) atoms. The van der Waals surface area contributed by atoms with E-state index in [1.807, 2.05) is 31.2 Å². The third-order valence-corrected chi connectivity index (χ3v) is 5.58. The van der Waals surface area contributed by atoms with E-state index in [0.717, 1.165) is 23.4 Å². The lowest BCUT2D eigenvalue weighted by Gasteiger charge is -2.11. The van der Waals surface area contributed by atoms with Crippen LogP contribution in [0.1, 0.15) is 21.8 Å². The predicted octanol–water partition coefficient (Wildman–Crippen LogP) is 5.28. The van der Waals surface area contributed by atoms with Crippen molar-refractivity contribution in [2.75, 3.05) is 13.6 Å². The van der Waals surface area contributed by atoms with E-state index in [-0.39, 0.29) is 22.9 Å². The van der Waals surface area contributed by atoms with Gasteiger partial charge < -0.3 is 4.98 Å². The lowest BCUT2D eigenvalue weighted by Crippen LogP contribution is -2.17. The van der Waals surface area contributed by atoms with Gasteiger partial charge in [-0.2, -0.15) is 0 Å². The number of rotatable bonds is 4. The third-order valence-electron chi connectivity index (χ3n) is 4.27. The molecule has 0 saturated heterocycles. The Kier molecular flexibility index (Phi) is 7.91. The molecule has 3 aromatic rings. The molecule has 1 aromatic carbocycles. The lowest BCUT2D eigenvalue weighted by atomic mass is 10.0. The summed E-state index contributed by atoms with van der Waals surface area (Å²) in [6, 6.07) is 11.9. The van der Waals surface area contributed by atoms with Gasteiger partial charge in [-0.15, -0.1) is 23.7 Å². The van der Waals surface area contributed by atoms with Gasteiger partial charge in [0.2, 0.25) is 5.43 Å². The molecule has 3 rings (SSSR count). The second-order valence-electron chi connectivity index (χ2n) is 6.52. The molecule has 0 spiro atoms. The van der Waals surface area contributed by atoms with Crippen LogP contribution in [0.5, 0.6) is 0 Å². The van der Waals surface area contributed by atoms with E-state index in [2.05, 4.69) is 46.3 Å². The van der Waals surface area contributed by atoms with Crippen LogP contribution in [-0.2, 0) is 6.54 Å². The van der Waals surface area contributed by atoms with Crippen molar-refractivity contribution in [3.8, 4) is 23.0 Å². The van der Waals surface area contributed by atoms with E-state index in [0.29, 0.717) is 17.8 Å². The predicted molar refractivity (Wildman–Crippen MR) is 122 cm³/mol. The summed E-state index contributed by atoms with van der Waals surface area (Å²) in [5, 5.41) is 2.33. The van der Waals surface area contributed by atoms with Crippen molar-refractivity contribution < 1.29 is 0 Å². The Labute approximate surface area is 180 Å². The van der Waals surface area contributed by atoms with Crippen LogP contribution in [0.3, 0.4) is 0 Å². The average molecular weight is 433 g/mol. The SMILES string of the molecule is Cc1[nH]c(C)c(-c2ccc(C#CCN(C)Cc3cccs3)cc2)c(=O)c1Cl.Cl. The number of nitrogens with one attached hydrogen (secondary N) is 1. The van der Waals surface area contributed by atoms with Crippen LogP contribution in [0, 0.1) is 25.7 Å². The zero-order valence-corrected chi connectivity index (χ0v) is 18.4. The summed E-state index contributed by atoms with van der Waals surface area (Å²) in [5.41, 5.74) is 3.75. The van der Waals surface area contributed by atoms with Gasteiger partial charge in [0.05, 0.1) is 6.54 Å². The number of aryl methyl sites for hydroxylation is 2. The van der Waals surface area contributed by atoms with Crippen molar-refractivity contribution >= 4 is 35.3 Å². The first-order valence-electron chi connectivity index (χ1n) is 8.65. The van der Waals surface area contributed by atoms with Crippen molar-refractivity contribution in [2.24, 2.45) is 0 Å². The van der Waals surface area contributed by atoms with Gasteiger partial charge in [-0.25, -0.2) is 0 Å². The largest absolute Gasteiger partial charge is 0.361 e. The molecule has 0 aliphatic carbocycles. The highest BCUT2D eigenvalue weighted by molar-refractivity contribution is 7.09. The maximum atomic E-state index is 12.5. The minimum Gasteiger partial charge on any atom is -0.361 e. The van der Waals surface area contributed by atoms with Gasteiger partial charge >= 0.3 is 0 Å². The molecule has 0 unspecified atom stereocenters. The van der Waals surface area contributed by atoms with Crippen LogP contribution < -0.4 is 5.43 Å². The van der Waals surface area contributed by atoms with E-state index in [9.17, 15) is 4.79 Å². The van der Waals surface area contributed by atoms with E-state index in [1.54, 1.807) is 18.3 Å². The maximum absolute atomic E-state index is 12.5. The molecular formula is C22H22Cl2N2OS. The summed E-state index contributed by atoms with van der Waals surface area (Å²) in [4.78, 5) is 19.2. The molecule has 0 fully saturated rings. The molecule has 2 heterocycles. The zero-order chi connectivity index (χ0) is 19.4. The Hall–Kier alpha value is -2.03. The topological polar surface area (TPSA) is 36.1 Å². The number of hydrogen-bond donors (Lipinski definition) is 1. The van der Waals surface area contributed by atoms with E-state index in [1.165, 1.54) is 4.88 Å². The Balaban J connectivity index is 0.00000280. The number of thiophene rings is 1. The first-order chi connectivity index (χ1) is 13.0. The number of H-pyrrole nitrogens is 1. The van der Waals surface area contributed by atoms with Crippen LogP contribution in [0.4, 0.5) is 0 Å². The summed E-state index contributed by atoms with van der Waals surface area (Å²) in [6.45, 7) is 5.29. The standard InChI is InChI=1S/C22H21ClN2OS.ClH/c1-15-20(22(26)21(23)16(2)24-15)18-10-8-17(9-11-18)6-4-12-25(3)14-19-7-5-13-27-19;/h5,7-11,13H,12,14H2,1-3H3,(H,24,26);1H. The van der Waals surface area contributed by atoms with Crippen molar-refractivity contribution in [3.63, 3.8) is 0 Å². The fourth-order valence-corrected chi connectivity index (χ4v) is 3.84. The minimum absolute atomic E-state index is 0. The zero-order valence-electron chi connectivity index (χ0n) is 16.0. The Morgan fingerprint density at radius 2 is 1.86 bits per heavy atom. The molecule has 146 valence electrons. The second kappa shape index (κ2) is 9.95. The smallest absolute Gasteiger partial charge is 0.208 e. The van der Waals surface area contributed by atoms with Crippen LogP contribution >= 0.6 is 35.3 Å².